The number of fused-ring (bicyclic) bond motifs is 1. The van der Waals surface area contributed by atoms with Crippen LogP contribution in [0, 0.1) is 6.92 Å². The Morgan fingerprint density at radius 2 is 2.10 bits per heavy atom. The van der Waals surface area contributed by atoms with E-state index in [-0.39, 0.29) is 12.4 Å². The molecule has 0 amide bonds. The van der Waals surface area contributed by atoms with Gasteiger partial charge < -0.3 is 10.3 Å². The van der Waals surface area contributed by atoms with Crippen molar-refractivity contribution in [3.8, 4) is 11.1 Å². The molecule has 0 spiro atoms. The average molecular weight is 318 g/mol. The van der Waals surface area contributed by atoms with Crippen molar-refractivity contribution in [3.05, 3.63) is 46.3 Å². The van der Waals surface area contributed by atoms with Crippen LogP contribution in [0.5, 0.6) is 0 Å². The van der Waals surface area contributed by atoms with Crippen LogP contribution < -0.4 is 5.32 Å². The summed E-state index contributed by atoms with van der Waals surface area (Å²) in [5, 5.41) is 8.93. The topological polar surface area (TPSA) is 40.2 Å². The molecule has 0 saturated heterocycles. The second-order valence-corrected chi connectivity index (χ2v) is 5.83. The van der Waals surface area contributed by atoms with E-state index in [0.717, 1.165) is 18.9 Å². The summed E-state index contributed by atoms with van der Waals surface area (Å²) in [6.45, 7) is 3.92. The molecule has 0 atom stereocenters. The highest BCUT2D eigenvalue weighted by Gasteiger charge is 2.17. The number of aromatic nitrogens is 1. The summed E-state index contributed by atoms with van der Waals surface area (Å²) in [6, 6.07) is 8.76. The minimum atomic E-state index is 0. The number of nitrogens with zero attached hydrogens (tertiary/aromatic N) is 1. The smallest absolute Gasteiger partial charge is 0.130 e. The van der Waals surface area contributed by atoms with E-state index in [9.17, 15) is 0 Å². The fraction of sp³-hybridized carbons (Fsp3) is 0.188. The van der Waals surface area contributed by atoms with Crippen molar-refractivity contribution >= 4 is 40.5 Å². The summed E-state index contributed by atoms with van der Waals surface area (Å²) in [4.78, 5) is 8.03. The van der Waals surface area contributed by atoms with E-state index < -0.39 is 0 Å². The molecule has 1 aliphatic heterocycles. The summed E-state index contributed by atoms with van der Waals surface area (Å²) in [7, 11) is 0. The van der Waals surface area contributed by atoms with Gasteiger partial charge in [0, 0.05) is 28.7 Å². The Labute approximate surface area is 133 Å². The molecular weight excluding hydrogens is 302 g/mol. The Bertz CT molecular complexity index is 802. The van der Waals surface area contributed by atoms with Crippen LogP contribution in [0.3, 0.4) is 0 Å². The molecular formula is C16H16ClN3S. The highest BCUT2D eigenvalue weighted by atomic mass is 35.5. The maximum absolute atomic E-state index is 4.57. The molecule has 5 heteroatoms. The lowest BCUT2D eigenvalue weighted by molar-refractivity contribution is 0.960. The monoisotopic (exact) mass is 317 g/mol. The van der Waals surface area contributed by atoms with Crippen molar-refractivity contribution in [2.75, 3.05) is 13.1 Å². The number of benzene rings is 1. The van der Waals surface area contributed by atoms with E-state index in [4.69, 9.17) is 0 Å². The zero-order valence-electron chi connectivity index (χ0n) is 11.6. The lowest BCUT2D eigenvalue weighted by Gasteiger charge is -2.04. The maximum Gasteiger partial charge on any atom is 0.130 e. The Morgan fingerprint density at radius 1 is 1.19 bits per heavy atom. The average Bonchev–Trinajstić information content (AvgIpc) is 3.17. The first-order valence-corrected chi connectivity index (χ1v) is 7.71. The predicted octanol–water partition coefficient (Wildman–Crippen LogP) is 3.98. The maximum atomic E-state index is 4.57. The third-order valence-corrected chi connectivity index (χ3v) is 4.43. The van der Waals surface area contributed by atoms with Gasteiger partial charge in [-0.1, -0.05) is 6.07 Å². The van der Waals surface area contributed by atoms with Crippen molar-refractivity contribution in [2.24, 2.45) is 4.99 Å². The molecule has 21 heavy (non-hydrogen) atoms. The van der Waals surface area contributed by atoms with Crippen LogP contribution in [-0.2, 0) is 0 Å². The lowest BCUT2D eigenvalue weighted by Crippen LogP contribution is -2.19. The number of thiophene rings is 1. The molecule has 2 aromatic heterocycles. The van der Waals surface area contributed by atoms with Gasteiger partial charge in [0.05, 0.1) is 6.54 Å². The van der Waals surface area contributed by atoms with E-state index in [2.05, 4.69) is 57.2 Å². The van der Waals surface area contributed by atoms with Gasteiger partial charge in [-0.2, -0.15) is 11.3 Å². The summed E-state index contributed by atoms with van der Waals surface area (Å²) in [6.07, 6.45) is 0. The second kappa shape index (κ2) is 5.54. The zero-order chi connectivity index (χ0) is 13.5. The number of amidine groups is 1. The van der Waals surface area contributed by atoms with E-state index in [1.165, 1.54) is 33.3 Å². The molecule has 3 aromatic rings. The van der Waals surface area contributed by atoms with Crippen molar-refractivity contribution < 1.29 is 0 Å². The number of nitrogens with one attached hydrogen (secondary N) is 2. The van der Waals surface area contributed by atoms with Crippen LogP contribution in [0.2, 0.25) is 0 Å². The molecule has 0 unspecified atom stereocenters. The molecule has 0 fully saturated rings. The molecule has 3 heterocycles. The molecule has 0 bridgehead atoms. The number of hydrogen-bond acceptors (Lipinski definition) is 3. The number of aryl methyl sites for hydroxylation is 1. The van der Waals surface area contributed by atoms with Crippen molar-refractivity contribution in [3.63, 3.8) is 0 Å². The number of aliphatic imine (C=N–C) groups is 1. The SMILES string of the molecule is Cc1[nH]c2ccc(-c3ccsc3)cc2c1C1=NCCN1.Cl. The molecule has 0 radical (unpaired) electrons. The van der Waals surface area contributed by atoms with Gasteiger partial charge in [0.15, 0.2) is 0 Å². The first-order chi connectivity index (χ1) is 9.83. The van der Waals surface area contributed by atoms with Crippen LogP contribution in [0.4, 0.5) is 0 Å². The Kier molecular flexibility index (Phi) is 3.74. The molecule has 4 rings (SSSR count). The quantitative estimate of drug-likeness (QED) is 0.737. The van der Waals surface area contributed by atoms with Gasteiger partial charge in [-0.05, 0) is 47.0 Å². The largest absolute Gasteiger partial charge is 0.368 e. The zero-order valence-corrected chi connectivity index (χ0v) is 13.3. The fourth-order valence-corrected chi connectivity index (χ4v) is 3.47. The van der Waals surface area contributed by atoms with E-state index in [0.29, 0.717) is 0 Å². The molecule has 108 valence electrons. The van der Waals surface area contributed by atoms with Gasteiger partial charge in [0.25, 0.3) is 0 Å². The van der Waals surface area contributed by atoms with Gasteiger partial charge >= 0.3 is 0 Å². The highest BCUT2D eigenvalue weighted by molar-refractivity contribution is 7.08. The molecule has 2 N–H and O–H groups in total. The summed E-state index contributed by atoms with van der Waals surface area (Å²) in [5.41, 5.74) is 6.11. The van der Waals surface area contributed by atoms with Crippen molar-refractivity contribution in [1.29, 1.82) is 0 Å². The number of hydrogen-bond donors (Lipinski definition) is 2. The summed E-state index contributed by atoms with van der Waals surface area (Å²) in [5.74, 6) is 1.02. The third kappa shape index (κ3) is 2.34. The Balaban J connectivity index is 0.00000132. The standard InChI is InChI=1S/C16H15N3S.ClH/c1-10-15(16-17-5-6-18-16)13-8-11(2-3-14(13)19-10)12-4-7-20-9-12;/h2-4,7-9,19H,5-6H2,1H3,(H,17,18);1H. The van der Waals surface area contributed by atoms with Gasteiger partial charge in [-0.15, -0.1) is 12.4 Å². The molecule has 0 saturated carbocycles. The Hall–Kier alpha value is -1.78. The highest BCUT2D eigenvalue weighted by Crippen LogP contribution is 2.29. The number of halogens is 1. The first-order valence-electron chi connectivity index (χ1n) is 6.76. The minimum absolute atomic E-state index is 0. The van der Waals surface area contributed by atoms with Gasteiger partial charge in [0.1, 0.15) is 5.84 Å². The summed E-state index contributed by atoms with van der Waals surface area (Å²) >= 11 is 1.73. The third-order valence-electron chi connectivity index (χ3n) is 3.75. The van der Waals surface area contributed by atoms with Crippen LogP contribution in [-0.4, -0.2) is 23.9 Å². The van der Waals surface area contributed by atoms with Gasteiger partial charge in [0.2, 0.25) is 0 Å². The molecule has 3 nitrogen and oxygen atoms in total. The lowest BCUT2D eigenvalue weighted by atomic mass is 10.0. The second-order valence-electron chi connectivity index (χ2n) is 5.05. The number of aromatic amines is 1. The van der Waals surface area contributed by atoms with Crippen LogP contribution in [0.15, 0.2) is 40.0 Å². The Morgan fingerprint density at radius 3 is 2.81 bits per heavy atom. The fourth-order valence-electron chi connectivity index (χ4n) is 2.81. The number of H-pyrrole nitrogens is 1. The van der Waals surface area contributed by atoms with Gasteiger partial charge in [-0.25, -0.2) is 0 Å². The van der Waals surface area contributed by atoms with E-state index in [1.807, 2.05) is 0 Å². The van der Waals surface area contributed by atoms with Crippen LogP contribution >= 0.6 is 23.7 Å². The molecule has 1 aliphatic rings. The number of rotatable bonds is 2. The minimum Gasteiger partial charge on any atom is -0.368 e. The molecule has 0 aliphatic carbocycles. The van der Waals surface area contributed by atoms with Crippen molar-refractivity contribution in [1.82, 2.24) is 10.3 Å². The molecule has 1 aromatic carbocycles. The normalized spacial score (nSPS) is 13.9. The van der Waals surface area contributed by atoms with E-state index >= 15 is 0 Å². The van der Waals surface area contributed by atoms with Gasteiger partial charge in [-0.3, -0.25) is 4.99 Å². The predicted molar refractivity (Wildman–Crippen MR) is 93.0 cm³/mol. The van der Waals surface area contributed by atoms with Crippen LogP contribution in [0.1, 0.15) is 11.3 Å². The van der Waals surface area contributed by atoms with Crippen LogP contribution in [0.25, 0.3) is 22.0 Å². The summed E-state index contributed by atoms with van der Waals surface area (Å²) < 4.78 is 0. The first kappa shape index (κ1) is 14.2. The van der Waals surface area contributed by atoms with Crippen molar-refractivity contribution in [2.45, 2.75) is 6.92 Å². The van der Waals surface area contributed by atoms with E-state index in [1.54, 1.807) is 11.3 Å².